The number of rotatable bonds is 6. The molecule has 3 aromatic rings. The van der Waals surface area contributed by atoms with Gasteiger partial charge in [-0.2, -0.15) is 13.2 Å². The highest BCUT2D eigenvalue weighted by Gasteiger charge is 2.36. The lowest BCUT2D eigenvalue weighted by Gasteiger charge is -2.37. The highest BCUT2D eigenvalue weighted by molar-refractivity contribution is 7.10. The maximum absolute atomic E-state index is 13.0. The molecule has 4 heterocycles. The predicted molar refractivity (Wildman–Crippen MR) is 110 cm³/mol. The molecule has 0 aliphatic carbocycles. The summed E-state index contributed by atoms with van der Waals surface area (Å²) in [6.07, 6.45) is 0.737. The van der Waals surface area contributed by atoms with Gasteiger partial charge < -0.3 is 16.0 Å². The molecule has 0 aromatic carbocycles. The molecule has 0 spiro atoms. The lowest BCUT2D eigenvalue weighted by molar-refractivity contribution is -0.132. The Labute approximate surface area is 179 Å². The number of thiazole rings is 1. The minimum Gasteiger partial charge on any atom is -0.396 e. The second-order valence-corrected chi connectivity index (χ2v) is 7.65. The zero-order valence-corrected chi connectivity index (χ0v) is 17.2. The van der Waals surface area contributed by atoms with Gasteiger partial charge in [0.05, 0.1) is 29.9 Å². The molecule has 0 saturated carbocycles. The van der Waals surface area contributed by atoms with Crippen LogP contribution in [0.15, 0.2) is 24.1 Å². The summed E-state index contributed by atoms with van der Waals surface area (Å²) < 4.78 is 40.8. The number of alkyl halides is 3. The van der Waals surface area contributed by atoms with Crippen LogP contribution in [0.2, 0.25) is 0 Å². The molecule has 1 atom stereocenters. The van der Waals surface area contributed by atoms with Crippen molar-refractivity contribution in [2.45, 2.75) is 32.0 Å². The Morgan fingerprint density at radius 1 is 1.35 bits per heavy atom. The van der Waals surface area contributed by atoms with Gasteiger partial charge in [-0.1, -0.05) is 6.92 Å². The fourth-order valence-electron chi connectivity index (χ4n) is 3.47. The number of nitrogens with two attached hydrogens (primary N) is 1. The molecule has 9 nitrogen and oxygen atoms in total. The Balaban J connectivity index is 1.85. The van der Waals surface area contributed by atoms with E-state index in [-0.39, 0.29) is 23.6 Å². The first-order valence-electron chi connectivity index (χ1n) is 9.35. The van der Waals surface area contributed by atoms with Crippen LogP contribution in [0.1, 0.15) is 42.5 Å². The fraction of sp³-hybridized carbons (Fsp3) is 0.333. The standard InChI is InChI=1S/C18H18F3N9S/c1-2-11-16-28-26-9-30(16)12-8-25-14(10(7-22)13(23)17-24-4-6-31-17)27-15(12)29(11)5-3-18(19,20)21/h4,6-9,11,22H,2-3,5,23H2,1H3/b13-10+,22-7?. The van der Waals surface area contributed by atoms with E-state index in [1.54, 1.807) is 21.0 Å². The number of hydrogen-bond donors (Lipinski definition) is 2. The normalized spacial score (nSPS) is 16.5. The first-order chi connectivity index (χ1) is 14.8. The van der Waals surface area contributed by atoms with Crippen LogP contribution in [0.4, 0.5) is 19.0 Å². The number of hydrogen-bond acceptors (Lipinski definition) is 9. The molecule has 0 bridgehead atoms. The average molecular weight is 449 g/mol. The topological polar surface area (TPSA) is 122 Å². The van der Waals surface area contributed by atoms with Gasteiger partial charge in [-0.05, 0) is 6.42 Å². The molecule has 1 aliphatic rings. The van der Waals surface area contributed by atoms with Gasteiger partial charge in [0.1, 0.15) is 17.0 Å². The van der Waals surface area contributed by atoms with Crippen LogP contribution in [0.3, 0.4) is 0 Å². The zero-order chi connectivity index (χ0) is 22.2. The average Bonchev–Trinajstić information content (AvgIpc) is 3.43. The van der Waals surface area contributed by atoms with Crippen molar-refractivity contribution in [3.63, 3.8) is 0 Å². The van der Waals surface area contributed by atoms with Crippen LogP contribution in [-0.4, -0.2) is 48.7 Å². The van der Waals surface area contributed by atoms with E-state index < -0.39 is 18.6 Å². The quantitative estimate of drug-likeness (QED) is 0.554. The molecule has 0 amide bonds. The van der Waals surface area contributed by atoms with Gasteiger partial charge in [-0.15, -0.1) is 21.5 Å². The predicted octanol–water partition coefficient (Wildman–Crippen LogP) is 3.21. The van der Waals surface area contributed by atoms with E-state index >= 15 is 0 Å². The summed E-state index contributed by atoms with van der Waals surface area (Å²) in [5, 5.41) is 18.1. The fourth-order valence-corrected chi connectivity index (χ4v) is 4.08. The van der Waals surface area contributed by atoms with E-state index in [9.17, 15) is 13.2 Å². The van der Waals surface area contributed by atoms with Crippen LogP contribution in [0.5, 0.6) is 0 Å². The van der Waals surface area contributed by atoms with Gasteiger partial charge in [-0.3, -0.25) is 4.57 Å². The van der Waals surface area contributed by atoms with Crippen molar-refractivity contribution >= 4 is 34.6 Å². The van der Waals surface area contributed by atoms with Gasteiger partial charge >= 0.3 is 6.18 Å². The molecule has 13 heteroatoms. The van der Waals surface area contributed by atoms with Crippen LogP contribution in [0, 0.1) is 5.41 Å². The SMILES string of the molecule is CCC1c2nncn2-c2cnc(/C(C=N)=C(/N)c3nccs3)nc2N1CCC(F)(F)F. The molecule has 0 saturated heterocycles. The monoisotopic (exact) mass is 449 g/mol. The van der Waals surface area contributed by atoms with Crippen molar-refractivity contribution in [2.24, 2.45) is 5.73 Å². The minimum absolute atomic E-state index is 0.129. The van der Waals surface area contributed by atoms with Crippen molar-refractivity contribution in [1.82, 2.24) is 29.7 Å². The molecule has 3 N–H and O–H groups in total. The summed E-state index contributed by atoms with van der Waals surface area (Å²) >= 11 is 1.30. The van der Waals surface area contributed by atoms with Gasteiger partial charge in [0.2, 0.25) is 0 Å². The zero-order valence-electron chi connectivity index (χ0n) is 16.3. The molecular formula is C18H18F3N9S. The van der Waals surface area contributed by atoms with E-state index in [2.05, 4.69) is 25.1 Å². The molecule has 0 fully saturated rings. The minimum atomic E-state index is -4.32. The van der Waals surface area contributed by atoms with E-state index in [0.29, 0.717) is 28.8 Å². The van der Waals surface area contributed by atoms with Crippen molar-refractivity contribution in [3.05, 3.63) is 40.8 Å². The van der Waals surface area contributed by atoms with Crippen LogP contribution in [-0.2, 0) is 0 Å². The highest BCUT2D eigenvalue weighted by Crippen LogP contribution is 2.39. The van der Waals surface area contributed by atoms with Crippen LogP contribution >= 0.6 is 11.3 Å². The second-order valence-electron chi connectivity index (χ2n) is 6.75. The molecule has 162 valence electrons. The van der Waals surface area contributed by atoms with Crippen LogP contribution in [0.25, 0.3) is 17.0 Å². The van der Waals surface area contributed by atoms with Crippen molar-refractivity contribution in [1.29, 1.82) is 5.41 Å². The third-order valence-electron chi connectivity index (χ3n) is 4.89. The van der Waals surface area contributed by atoms with Gasteiger partial charge in [0.25, 0.3) is 0 Å². The first kappa shape index (κ1) is 20.9. The lowest BCUT2D eigenvalue weighted by atomic mass is 10.1. The third-order valence-corrected chi connectivity index (χ3v) is 5.70. The number of aromatic nitrogens is 6. The lowest BCUT2D eigenvalue weighted by Crippen LogP contribution is -2.38. The Bertz CT molecular complexity index is 1120. The second kappa shape index (κ2) is 8.06. The number of nitrogens with zero attached hydrogens (tertiary/aromatic N) is 7. The first-order valence-corrected chi connectivity index (χ1v) is 10.2. The van der Waals surface area contributed by atoms with Crippen molar-refractivity contribution in [2.75, 3.05) is 11.4 Å². The Kier molecular flexibility index (Phi) is 5.43. The summed E-state index contributed by atoms with van der Waals surface area (Å²) in [4.78, 5) is 14.6. The summed E-state index contributed by atoms with van der Waals surface area (Å²) in [7, 11) is 0. The van der Waals surface area contributed by atoms with E-state index in [1.807, 2.05) is 6.92 Å². The van der Waals surface area contributed by atoms with Gasteiger partial charge in [0, 0.05) is 24.3 Å². The number of nitrogens with one attached hydrogen (secondary N) is 1. The molecule has 0 radical (unpaired) electrons. The maximum Gasteiger partial charge on any atom is 0.390 e. The van der Waals surface area contributed by atoms with Gasteiger partial charge in [0.15, 0.2) is 17.5 Å². The summed E-state index contributed by atoms with van der Waals surface area (Å²) in [6.45, 7) is 1.56. The Hall–Kier alpha value is -3.35. The Morgan fingerprint density at radius 3 is 2.81 bits per heavy atom. The number of fused-ring (bicyclic) bond motifs is 3. The van der Waals surface area contributed by atoms with E-state index in [0.717, 1.165) is 6.21 Å². The molecule has 4 rings (SSSR count). The molecule has 1 unspecified atom stereocenters. The van der Waals surface area contributed by atoms with Gasteiger partial charge in [-0.25, -0.2) is 15.0 Å². The summed E-state index contributed by atoms with van der Waals surface area (Å²) in [5.41, 5.74) is 7.09. The smallest absolute Gasteiger partial charge is 0.390 e. The molecule has 31 heavy (non-hydrogen) atoms. The number of anilines is 1. The van der Waals surface area contributed by atoms with E-state index in [1.165, 1.54) is 23.9 Å². The van der Waals surface area contributed by atoms with E-state index in [4.69, 9.17) is 11.1 Å². The maximum atomic E-state index is 13.0. The Morgan fingerprint density at radius 2 is 2.16 bits per heavy atom. The molecule has 1 aliphatic heterocycles. The highest BCUT2D eigenvalue weighted by atomic mass is 32.1. The van der Waals surface area contributed by atoms with Crippen LogP contribution < -0.4 is 10.6 Å². The molecule has 3 aromatic heterocycles. The number of allylic oxidation sites excluding steroid dienone is 1. The van der Waals surface area contributed by atoms with Crippen molar-refractivity contribution < 1.29 is 13.2 Å². The summed E-state index contributed by atoms with van der Waals surface area (Å²) in [5.74, 6) is 0.961. The third kappa shape index (κ3) is 3.87. The summed E-state index contributed by atoms with van der Waals surface area (Å²) in [6, 6.07) is -0.441. The van der Waals surface area contributed by atoms with Crippen molar-refractivity contribution in [3.8, 4) is 5.69 Å². The largest absolute Gasteiger partial charge is 0.396 e. The molecular weight excluding hydrogens is 431 g/mol. The number of halogens is 3.